The van der Waals surface area contributed by atoms with Gasteiger partial charge in [0.15, 0.2) is 0 Å². The maximum absolute atomic E-state index is 12.2. The predicted molar refractivity (Wildman–Crippen MR) is 93.0 cm³/mol. The Kier molecular flexibility index (Phi) is 4.01. The molecule has 0 bridgehead atoms. The molecule has 23 heavy (non-hydrogen) atoms. The summed E-state index contributed by atoms with van der Waals surface area (Å²) in [6, 6.07) is 13.4. The van der Waals surface area contributed by atoms with Crippen molar-refractivity contribution in [1.29, 1.82) is 0 Å². The molecule has 4 nitrogen and oxygen atoms in total. The highest BCUT2D eigenvalue weighted by atomic mass is 35.5. The first kappa shape index (κ1) is 15.4. The van der Waals surface area contributed by atoms with Gasteiger partial charge in [-0.1, -0.05) is 35.9 Å². The summed E-state index contributed by atoms with van der Waals surface area (Å²) in [4.78, 5) is 12.2. The lowest BCUT2D eigenvalue weighted by atomic mass is 9.96. The maximum atomic E-state index is 12.2. The van der Waals surface area contributed by atoms with Crippen molar-refractivity contribution < 1.29 is 5.11 Å². The second-order valence-corrected chi connectivity index (χ2v) is 5.86. The van der Waals surface area contributed by atoms with Crippen molar-refractivity contribution in [1.82, 2.24) is 9.78 Å². The molecule has 0 aliphatic rings. The third kappa shape index (κ3) is 2.78. The zero-order chi connectivity index (χ0) is 16.6. The second kappa shape index (κ2) is 5.97. The van der Waals surface area contributed by atoms with Gasteiger partial charge < -0.3 is 5.11 Å². The molecule has 0 atom stereocenters. The van der Waals surface area contributed by atoms with Crippen molar-refractivity contribution in [3.8, 4) is 28.1 Å². The molecule has 5 heteroatoms. The molecule has 0 aliphatic heterocycles. The van der Waals surface area contributed by atoms with Crippen molar-refractivity contribution >= 4 is 11.6 Å². The van der Waals surface area contributed by atoms with Gasteiger partial charge in [0.05, 0.1) is 0 Å². The van der Waals surface area contributed by atoms with Crippen LogP contribution in [0.1, 0.15) is 12.5 Å². The minimum Gasteiger partial charge on any atom is -0.493 e. The minimum atomic E-state index is -0.291. The van der Waals surface area contributed by atoms with Gasteiger partial charge >= 0.3 is 0 Å². The molecular formula is C18H17ClN2O2. The highest BCUT2D eigenvalue weighted by Gasteiger charge is 2.17. The van der Waals surface area contributed by atoms with Crippen LogP contribution >= 0.6 is 11.6 Å². The summed E-state index contributed by atoms with van der Waals surface area (Å²) in [7, 11) is 0. The fourth-order valence-electron chi connectivity index (χ4n) is 2.65. The molecule has 1 aromatic heterocycles. The molecule has 0 spiro atoms. The Bertz CT molecular complexity index is 908. The maximum Gasteiger partial charge on any atom is 0.275 e. The van der Waals surface area contributed by atoms with E-state index in [1.54, 1.807) is 0 Å². The average Bonchev–Trinajstić information content (AvgIpc) is 2.83. The zero-order valence-corrected chi connectivity index (χ0v) is 13.7. The number of nitrogens with one attached hydrogen (secondary N) is 1. The number of rotatable bonds is 3. The minimum absolute atomic E-state index is 0.0335. The number of benzene rings is 2. The van der Waals surface area contributed by atoms with Gasteiger partial charge in [0.2, 0.25) is 5.88 Å². The lowest BCUT2D eigenvalue weighted by Gasteiger charge is -2.08. The first-order valence-corrected chi connectivity index (χ1v) is 7.77. The highest BCUT2D eigenvalue weighted by Crippen LogP contribution is 2.32. The first-order chi connectivity index (χ1) is 11.0. The summed E-state index contributed by atoms with van der Waals surface area (Å²) >= 11 is 5.93. The molecule has 0 aliphatic carbocycles. The van der Waals surface area contributed by atoms with Crippen molar-refractivity contribution in [3.05, 3.63) is 63.4 Å². The summed E-state index contributed by atoms with van der Waals surface area (Å²) in [6.45, 7) is 4.27. The van der Waals surface area contributed by atoms with E-state index < -0.39 is 0 Å². The average molecular weight is 329 g/mol. The van der Waals surface area contributed by atoms with E-state index in [9.17, 15) is 9.90 Å². The van der Waals surface area contributed by atoms with E-state index in [0.29, 0.717) is 17.1 Å². The number of hydrogen-bond acceptors (Lipinski definition) is 2. The summed E-state index contributed by atoms with van der Waals surface area (Å²) in [6.07, 6.45) is 0. The molecule has 3 rings (SSSR count). The lowest BCUT2D eigenvalue weighted by Crippen LogP contribution is -2.05. The van der Waals surface area contributed by atoms with Gasteiger partial charge in [-0.05, 0) is 54.3 Å². The van der Waals surface area contributed by atoms with E-state index in [0.717, 1.165) is 22.3 Å². The number of hydrogen-bond donors (Lipinski definition) is 2. The van der Waals surface area contributed by atoms with Crippen molar-refractivity contribution in [2.75, 3.05) is 0 Å². The van der Waals surface area contributed by atoms with Crippen LogP contribution in [0.3, 0.4) is 0 Å². The quantitative estimate of drug-likeness (QED) is 0.757. The van der Waals surface area contributed by atoms with E-state index in [1.165, 1.54) is 4.68 Å². The Morgan fingerprint density at radius 1 is 1.13 bits per heavy atom. The molecule has 0 radical (unpaired) electrons. The largest absolute Gasteiger partial charge is 0.493 e. The van der Waals surface area contributed by atoms with E-state index in [1.807, 2.05) is 56.3 Å². The van der Waals surface area contributed by atoms with Crippen LogP contribution in [0.2, 0.25) is 5.02 Å². The Hall–Kier alpha value is -2.46. The van der Waals surface area contributed by atoms with E-state index >= 15 is 0 Å². The van der Waals surface area contributed by atoms with E-state index in [2.05, 4.69) is 5.10 Å². The van der Waals surface area contributed by atoms with Gasteiger partial charge in [-0.15, -0.1) is 0 Å². The number of nitrogens with zero attached hydrogens (tertiary/aromatic N) is 1. The van der Waals surface area contributed by atoms with Gasteiger partial charge in [0.1, 0.15) is 5.56 Å². The molecular weight excluding hydrogens is 312 g/mol. The molecule has 2 aromatic carbocycles. The highest BCUT2D eigenvalue weighted by molar-refractivity contribution is 6.30. The molecule has 0 saturated heterocycles. The van der Waals surface area contributed by atoms with Crippen molar-refractivity contribution in [2.45, 2.75) is 20.4 Å². The smallest absolute Gasteiger partial charge is 0.275 e. The predicted octanol–water partition coefficient (Wildman–Crippen LogP) is 4.20. The van der Waals surface area contributed by atoms with Crippen LogP contribution in [0, 0.1) is 6.92 Å². The van der Waals surface area contributed by atoms with Crippen LogP contribution in [-0.2, 0) is 6.54 Å². The Morgan fingerprint density at radius 3 is 2.39 bits per heavy atom. The number of aromatic amines is 1. The number of aryl methyl sites for hydroxylation is 2. The third-order valence-electron chi connectivity index (χ3n) is 3.94. The topological polar surface area (TPSA) is 58.0 Å². The van der Waals surface area contributed by atoms with Gasteiger partial charge in [-0.2, -0.15) is 0 Å². The summed E-state index contributed by atoms with van der Waals surface area (Å²) in [5.74, 6) is -0.0335. The SMILES string of the molecule is CCn1[nH]c(=O)c(-c2cc(-c3ccc(Cl)cc3)ccc2C)c1O. The number of H-pyrrole nitrogens is 1. The standard InChI is InChI=1S/C18H17ClN2O2/c1-3-21-18(23)16(17(22)20-21)15-10-13(5-4-11(15)2)12-6-8-14(19)9-7-12/h4-10,23H,3H2,1-2H3,(H,20,22). The Balaban J connectivity index is 2.17. The van der Waals surface area contributed by atoms with E-state index in [-0.39, 0.29) is 11.4 Å². The van der Waals surface area contributed by atoms with Crippen molar-refractivity contribution in [3.63, 3.8) is 0 Å². The van der Waals surface area contributed by atoms with Crippen LogP contribution in [0.4, 0.5) is 0 Å². The summed E-state index contributed by atoms with van der Waals surface area (Å²) < 4.78 is 1.44. The number of aromatic hydroxyl groups is 1. The van der Waals surface area contributed by atoms with Crippen LogP contribution in [0.5, 0.6) is 5.88 Å². The second-order valence-electron chi connectivity index (χ2n) is 5.42. The van der Waals surface area contributed by atoms with E-state index in [4.69, 9.17) is 11.6 Å². The molecule has 0 fully saturated rings. The monoisotopic (exact) mass is 328 g/mol. The van der Waals surface area contributed by atoms with Crippen LogP contribution in [0.15, 0.2) is 47.3 Å². The molecule has 2 N–H and O–H groups in total. The molecule has 118 valence electrons. The third-order valence-corrected chi connectivity index (χ3v) is 4.20. The zero-order valence-electron chi connectivity index (χ0n) is 12.9. The van der Waals surface area contributed by atoms with Crippen molar-refractivity contribution in [2.24, 2.45) is 0 Å². The van der Waals surface area contributed by atoms with Crippen LogP contribution < -0.4 is 5.56 Å². The summed E-state index contributed by atoms with van der Waals surface area (Å²) in [5, 5.41) is 13.6. The lowest BCUT2D eigenvalue weighted by molar-refractivity contribution is 0.406. The Morgan fingerprint density at radius 2 is 1.78 bits per heavy atom. The van der Waals surface area contributed by atoms with Gasteiger partial charge in [-0.25, -0.2) is 0 Å². The number of aromatic nitrogens is 2. The molecule has 0 amide bonds. The van der Waals surface area contributed by atoms with Gasteiger partial charge in [-0.3, -0.25) is 14.6 Å². The summed E-state index contributed by atoms with van der Waals surface area (Å²) in [5.41, 5.74) is 3.63. The van der Waals surface area contributed by atoms with Crippen LogP contribution in [-0.4, -0.2) is 14.9 Å². The fraction of sp³-hybridized carbons (Fsp3) is 0.167. The molecule has 1 heterocycles. The fourth-order valence-corrected chi connectivity index (χ4v) is 2.78. The molecule has 0 saturated carbocycles. The Labute approximate surface area is 139 Å². The van der Waals surface area contributed by atoms with Crippen LogP contribution in [0.25, 0.3) is 22.3 Å². The molecule has 0 unspecified atom stereocenters. The van der Waals surface area contributed by atoms with Gasteiger partial charge in [0.25, 0.3) is 5.56 Å². The molecule has 3 aromatic rings. The normalized spacial score (nSPS) is 10.9. The number of halogens is 1. The first-order valence-electron chi connectivity index (χ1n) is 7.40. The van der Waals surface area contributed by atoms with Gasteiger partial charge in [0, 0.05) is 11.6 Å².